The molecule has 184 valence electrons. The Bertz CT molecular complexity index is 1060. The van der Waals surface area contributed by atoms with E-state index in [1.54, 1.807) is 6.20 Å². The van der Waals surface area contributed by atoms with Gasteiger partial charge in [0.1, 0.15) is 5.60 Å². The van der Waals surface area contributed by atoms with E-state index < -0.39 is 5.60 Å². The van der Waals surface area contributed by atoms with Gasteiger partial charge in [0.25, 0.3) is 0 Å². The summed E-state index contributed by atoms with van der Waals surface area (Å²) in [5.74, 6) is 1.35. The zero-order valence-electron chi connectivity index (χ0n) is 20.6. The fourth-order valence-corrected chi connectivity index (χ4v) is 5.63. The van der Waals surface area contributed by atoms with Gasteiger partial charge in [0.05, 0.1) is 23.1 Å². The van der Waals surface area contributed by atoms with Crippen LogP contribution in [0.15, 0.2) is 12.4 Å². The van der Waals surface area contributed by atoms with Crippen molar-refractivity contribution in [2.45, 2.75) is 95.2 Å². The lowest BCUT2D eigenvalue weighted by Crippen LogP contribution is -2.61. The van der Waals surface area contributed by atoms with Gasteiger partial charge in [-0.1, -0.05) is 11.6 Å². The Hall–Kier alpha value is -2.35. The predicted octanol–water partition coefficient (Wildman–Crippen LogP) is 5.27. The summed E-state index contributed by atoms with van der Waals surface area (Å²) in [4.78, 5) is 21.8. The standard InChI is InChI=1S/C25H35ClN6O2/c1-23(2,3)34-22(33)31-25-10-7-24(8-11-25,9-12-25)30-21-27-15-18(26)20(29-21)17-14-28-32(4)19(17)13-16-5-6-16/h14-16H,5-13H2,1-4H3,(H,31,33)(H,27,29,30). The number of aromatic nitrogens is 4. The Kier molecular flexibility index (Phi) is 5.78. The first-order valence-electron chi connectivity index (χ1n) is 12.4. The molecule has 2 aromatic heterocycles. The minimum atomic E-state index is -0.494. The number of anilines is 1. The number of hydrogen-bond donors (Lipinski definition) is 2. The second-order valence-electron chi connectivity index (χ2n) is 11.5. The third-order valence-corrected chi connectivity index (χ3v) is 7.91. The van der Waals surface area contributed by atoms with E-state index in [2.05, 4.69) is 20.7 Å². The highest BCUT2D eigenvalue weighted by atomic mass is 35.5. The van der Waals surface area contributed by atoms with Crippen LogP contribution in [-0.4, -0.2) is 42.5 Å². The lowest BCUT2D eigenvalue weighted by Gasteiger charge is -2.53. The topological polar surface area (TPSA) is 94.0 Å². The normalized spacial score (nSPS) is 26.4. The number of nitrogens with one attached hydrogen (secondary N) is 2. The molecule has 0 saturated heterocycles. The molecular formula is C25H35ClN6O2. The average molecular weight is 487 g/mol. The third-order valence-electron chi connectivity index (χ3n) is 7.63. The van der Waals surface area contributed by atoms with Crippen LogP contribution in [0.3, 0.4) is 0 Å². The van der Waals surface area contributed by atoms with Gasteiger partial charge < -0.3 is 15.4 Å². The molecule has 8 nitrogen and oxygen atoms in total. The first kappa shape index (κ1) is 23.4. The van der Waals surface area contributed by atoms with Crippen molar-refractivity contribution in [1.82, 2.24) is 25.1 Å². The van der Waals surface area contributed by atoms with E-state index in [4.69, 9.17) is 21.3 Å². The van der Waals surface area contributed by atoms with Gasteiger partial charge in [-0.05, 0) is 84.5 Å². The molecule has 0 aromatic carbocycles. The van der Waals surface area contributed by atoms with Crippen LogP contribution in [0.2, 0.25) is 5.02 Å². The van der Waals surface area contributed by atoms with Gasteiger partial charge in [-0.25, -0.2) is 14.8 Å². The number of aryl methyl sites for hydroxylation is 1. The molecule has 34 heavy (non-hydrogen) atoms. The van der Waals surface area contributed by atoms with E-state index in [0.717, 1.165) is 62.1 Å². The molecule has 4 aliphatic carbocycles. The Morgan fingerprint density at radius 1 is 1.15 bits per heavy atom. The van der Waals surface area contributed by atoms with Crippen molar-refractivity contribution in [3.63, 3.8) is 0 Å². The number of amides is 1. The van der Waals surface area contributed by atoms with Crippen LogP contribution < -0.4 is 10.6 Å². The van der Waals surface area contributed by atoms with Crippen LogP contribution in [-0.2, 0) is 18.2 Å². The Morgan fingerprint density at radius 3 is 2.41 bits per heavy atom. The zero-order chi connectivity index (χ0) is 24.1. The molecule has 2 aromatic rings. The molecule has 2 heterocycles. The smallest absolute Gasteiger partial charge is 0.408 e. The lowest BCUT2D eigenvalue weighted by atomic mass is 9.61. The van der Waals surface area contributed by atoms with Gasteiger partial charge in [-0.3, -0.25) is 4.68 Å². The number of halogens is 1. The maximum Gasteiger partial charge on any atom is 0.408 e. The first-order chi connectivity index (χ1) is 16.1. The van der Waals surface area contributed by atoms with Crippen molar-refractivity contribution in [3.8, 4) is 11.3 Å². The van der Waals surface area contributed by atoms with Gasteiger partial charge in [0.15, 0.2) is 0 Å². The zero-order valence-corrected chi connectivity index (χ0v) is 21.3. The fourth-order valence-electron chi connectivity index (χ4n) is 5.43. The van der Waals surface area contributed by atoms with Crippen LogP contribution in [0.25, 0.3) is 11.3 Å². The molecule has 2 N–H and O–H groups in total. The largest absolute Gasteiger partial charge is 0.444 e. The Morgan fingerprint density at radius 2 is 1.79 bits per heavy atom. The van der Waals surface area contributed by atoms with Gasteiger partial charge in [-0.15, -0.1) is 0 Å². The monoisotopic (exact) mass is 486 g/mol. The van der Waals surface area contributed by atoms with Crippen LogP contribution in [0, 0.1) is 5.92 Å². The van der Waals surface area contributed by atoms with Crippen LogP contribution in [0.1, 0.15) is 77.8 Å². The van der Waals surface area contributed by atoms with Crippen molar-refractivity contribution in [2.24, 2.45) is 13.0 Å². The summed E-state index contributed by atoms with van der Waals surface area (Å²) < 4.78 is 7.45. The van der Waals surface area contributed by atoms with E-state index in [9.17, 15) is 4.79 Å². The van der Waals surface area contributed by atoms with Crippen molar-refractivity contribution in [1.29, 1.82) is 0 Å². The summed E-state index contributed by atoms with van der Waals surface area (Å²) in [5, 5.41) is 11.9. The van der Waals surface area contributed by atoms with E-state index in [1.807, 2.05) is 38.7 Å². The van der Waals surface area contributed by atoms with Crippen molar-refractivity contribution < 1.29 is 9.53 Å². The van der Waals surface area contributed by atoms with Gasteiger partial charge >= 0.3 is 6.09 Å². The fraction of sp³-hybridized carbons (Fsp3) is 0.680. The van der Waals surface area contributed by atoms with Gasteiger partial charge in [0.2, 0.25) is 5.95 Å². The Labute approximate surface area is 206 Å². The molecule has 1 amide bonds. The summed E-state index contributed by atoms with van der Waals surface area (Å²) in [5.41, 5.74) is 2.19. The minimum absolute atomic E-state index is 0.0613. The van der Waals surface area contributed by atoms with Crippen LogP contribution >= 0.6 is 11.6 Å². The summed E-state index contributed by atoms with van der Waals surface area (Å²) in [6.45, 7) is 5.67. The minimum Gasteiger partial charge on any atom is -0.444 e. The van der Waals surface area contributed by atoms with E-state index in [0.29, 0.717) is 11.0 Å². The molecule has 0 radical (unpaired) electrons. The molecule has 2 bridgehead atoms. The van der Waals surface area contributed by atoms with Crippen molar-refractivity contribution >= 4 is 23.6 Å². The molecule has 4 saturated carbocycles. The number of nitrogens with zero attached hydrogens (tertiary/aromatic N) is 4. The molecule has 6 rings (SSSR count). The van der Waals surface area contributed by atoms with Crippen molar-refractivity contribution in [2.75, 3.05) is 5.32 Å². The van der Waals surface area contributed by atoms with Gasteiger partial charge in [-0.2, -0.15) is 5.10 Å². The third kappa shape index (κ3) is 4.88. The summed E-state index contributed by atoms with van der Waals surface area (Å²) in [7, 11) is 1.98. The molecule has 4 fully saturated rings. The SMILES string of the molecule is Cn1ncc(-c2nc(NC34CCC(NC(=O)OC(C)(C)C)(CC3)CC4)ncc2Cl)c1CC1CC1. The maximum atomic E-state index is 12.4. The molecule has 0 unspecified atom stereocenters. The van der Waals surface area contributed by atoms with E-state index in [1.165, 1.54) is 18.5 Å². The number of carbonyl (C=O) groups excluding carboxylic acids is 1. The molecular weight excluding hydrogens is 452 g/mol. The number of hydrogen-bond acceptors (Lipinski definition) is 6. The number of carbonyl (C=O) groups is 1. The Balaban J connectivity index is 1.29. The number of fused-ring (bicyclic) bond motifs is 3. The number of alkyl carbamates (subject to hydrolysis) is 1. The van der Waals surface area contributed by atoms with Crippen molar-refractivity contribution in [3.05, 3.63) is 23.1 Å². The van der Waals surface area contributed by atoms with Gasteiger partial charge in [0, 0.05) is 29.4 Å². The average Bonchev–Trinajstić information content (AvgIpc) is 3.52. The first-order valence-corrected chi connectivity index (χ1v) is 12.8. The number of ether oxygens (including phenoxy) is 1. The van der Waals surface area contributed by atoms with E-state index in [-0.39, 0.29) is 17.2 Å². The second-order valence-corrected chi connectivity index (χ2v) is 11.9. The highest BCUT2D eigenvalue weighted by Crippen LogP contribution is 2.48. The molecule has 0 spiro atoms. The number of rotatable bonds is 6. The highest BCUT2D eigenvalue weighted by Gasteiger charge is 2.50. The summed E-state index contributed by atoms with van der Waals surface area (Å²) in [6, 6.07) is 0. The predicted molar refractivity (Wildman–Crippen MR) is 132 cm³/mol. The maximum absolute atomic E-state index is 12.4. The molecule has 4 aliphatic rings. The van der Waals surface area contributed by atoms with E-state index >= 15 is 0 Å². The molecule has 0 atom stereocenters. The lowest BCUT2D eigenvalue weighted by molar-refractivity contribution is 0.0296. The molecule has 9 heteroatoms. The molecule has 0 aliphatic heterocycles. The quantitative estimate of drug-likeness (QED) is 0.578. The summed E-state index contributed by atoms with van der Waals surface area (Å²) >= 11 is 6.55. The second kappa shape index (κ2) is 8.40. The van der Waals surface area contributed by atoms with Crippen LogP contribution in [0.5, 0.6) is 0 Å². The van der Waals surface area contributed by atoms with Crippen LogP contribution in [0.4, 0.5) is 10.7 Å². The highest BCUT2D eigenvalue weighted by molar-refractivity contribution is 6.32. The summed E-state index contributed by atoms with van der Waals surface area (Å²) in [6.07, 6.45) is 12.4.